The van der Waals surface area contributed by atoms with Crippen LogP contribution >= 0.6 is 0 Å². The molecule has 0 saturated heterocycles. The summed E-state index contributed by atoms with van der Waals surface area (Å²) in [4.78, 5) is 33.2. The summed E-state index contributed by atoms with van der Waals surface area (Å²) in [6.45, 7) is 0.843. The highest BCUT2D eigenvalue weighted by atomic mass is 16.4. The average molecular weight is 404 g/mol. The minimum absolute atomic E-state index is 0.0845. The maximum atomic E-state index is 11.4. The van der Waals surface area contributed by atoms with E-state index in [-0.39, 0.29) is 12.8 Å². The molecule has 7 N–H and O–H groups in total. The maximum Gasteiger partial charge on any atom is 0.306 e. The number of carbonyl (C=O) groups is 3. The first-order valence-electron chi connectivity index (χ1n) is 10.2. The van der Waals surface area contributed by atoms with Crippen molar-refractivity contribution < 1.29 is 29.7 Å². The van der Waals surface area contributed by atoms with Crippen LogP contribution in [-0.2, 0) is 14.4 Å². The first kappa shape index (κ1) is 26.3. The van der Waals surface area contributed by atoms with Gasteiger partial charge in [-0.25, -0.2) is 5.43 Å². The Morgan fingerprint density at radius 2 is 1.14 bits per heavy atom. The number of nitrogens with two attached hydrogens (primary N) is 1. The molecule has 0 spiro atoms. The molecule has 9 heteroatoms. The van der Waals surface area contributed by atoms with E-state index in [0.29, 0.717) is 25.7 Å². The lowest BCUT2D eigenvalue weighted by molar-refractivity contribution is -0.143. The predicted molar refractivity (Wildman–Crippen MR) is 105 cm³/mol. The lowest BCUT2D eigenvalue weighted by Gasteiger charge is -2.15. The third kappa shape index (κ3) is 15.4. The van der Waals surface area contributed by atoms with Gasteiger partial charge in [-0.05, 0) is 32.1 Å². The molecule has 0 aliphatic heterocycles. The van der Waals surface area contributed by atoms with Gasteiger partial charge in [-0.15, -0.1) is 0 Å². The number of hydrazine groups is 2. The van der Waals surface area contributed by atoms with Crippen molar-refractivity contribution in [3.63, 3.8) is 0 Å². The second kappa shape index (κ2) is 17.4. The Bertz CT molecular complexity index is 447. The van der Waals surface area contributed by atoms with Crippen LogP contribution in [0.15, 0.2) is 0 Å². The van der Waals surface area contributed by atoms with Crippen molar-refractivity contribution in [2.24, 2.45) is 17.7 Å². The van der Waals surface area contributed by atoms with Crippen molar-refractivity contribution in [3.05, 3.63) is 0 Å². The van der Waals surface area contributed by atoms with Crippen LogP contribution in [0.3, 0.4) is 0 Å². The van der Waals surface area contributed by atoms with E-state index in [2.05, 4.69) is 11.0 Å². The van der Waals surface area contributed by atoms with Crippen molar-refractivity contribution in [1.82, 2.24) is 11.0 Å². The van der Waals surface area contributed by atoms with Gasteiger partial charge >= 0.3 is 17.9 Å². The molecule has 0 fully saturated rings. The second-order valence-corrected chi connectivity index (χ2v) is 7.27. The van der Waals surface area contributed by atoms with Crippen molar-refractivity contribution in [2.45, 2.75) is 83.5 Å². The lowest BCUT2D eigenvalue weighted by Crippen LogP contribution is -2.38. The zero-order valence-electron chi connectivity index (χ0n) is 16.7. The molecule has 0 bridgehead atoms. The molecular weight excluding hydrogens is 366 g/mol. The van der Waals surface area contributed by atoms with Crippen LogP contribution in [-0.4, -0.2) is 39.8 Å². The summed E-state index contributed by atoms with van der Waals surface area (Å²) in [5, 5.41) is 27.2. The highest BCUT2D eigenvalue weighted by molar-refractivity contribution is 5.72. The van der Waals surface area contributed by atoms with Gasteiger partial charge in [-0.1, -0.05) is 44.9 Å². The predicted octanol–water partition coefficient (Wildman–Crippen LogP) is 2.51. The minimum Gasteiger partial charge on any atom is -0.481 e. The number of aliphatic carboxylic acids is 3. The Hall–Kier alpha value is -1.71. The smallest absolute Gasteiger partial charge is 0.306 e. The van der Waals surface area contributed by atoms with Crippen LogP contribution in [0, 0.1) is 11.8 Å². The topological polar surface area (TPSA) is 162 Å². The van der Waals surface area contributed by atoms with E-state index < -0.39 is 29.7 Å². The number of hydrogen-bond donors (Lipinski definition) is 6. The Morgan fingerprint density at radius 1 is 0.679 bits per heavy atom. The average Bonchev–Trinajstić information content (AvgIpc) is 2.63. The summed E-state index contributed by atoms with van der Waals surface area (Å²) in [6.07, 6.45) is 9.20. The Labute approximate surface area is 167 Å². The van der Waals surface area contributed by atoms with Crippen LogP contribution in [0.4, 0.5) is 0 Å². The molecule has 0 aliphatic carbocycles. The number of unbranched alkanes of at least 4 members (excludes halogenated alkanes) is 6. The van der Waals surface area contributed by atoms with Gasteiger partial charge in [-0.3, -0.25) is 20.2 Å². The molecule has 2 unspecified atom stereocenters. The molecule has 28 heavy (non-hydrogen) atoms. The van der Waals surface area contributed by atoms with Crippen LogP contribution in [0.25, 0.3) is 0 Å². The summed E-state index contributed by atoms with van der Waals surface area (Å²) in [5.41, 5.74) is 5.23. The quantitative estimate of drug-likeness (QED) is 0.102. The molecule has 2 atom stereocenters. The fourth-order valence-corrected chi connectivity index (χ4v) is 3.25. The normalized spacial score (nSPS) is 13.2. The number of carboxylic acid groups (broad SMARTS) is 3. The van der Waals surface area contributed by atoms with Crippen LogP contribution < -0.4 is 16.8 Å². The van der Waals surface area contributed by atoms with E-state index in [0.717, 1.165) is 51.5 Å². The lowest BCUT2D eigenvalue weighted by atomic mass is 9.91. The fourth-order valence-electron chi connectivity index (χ4n) is 3.25. The number of hydrogen-bond acceptors (Lipinski definition) is 6. The van der Waals surface area contributed by atoms with E-state index in [9.17, 15) is 19.5 Å². The van der Waals surface area contributed by atoms with Crippen LogP contribution in [0.2, 0.25) is 0 Å². The van der Waals surface area contributed by atoms with Gasteiger partial charge in [0.15, 0.2) is 0 Å². The molecule has 164 valence electrons. The molecule has 0 aliphatic rings. The highest BCUT2D eigenvalue weighted by Crippen LogP contribution is 2.22. The molecule has 0 aromatic heterocycles. The molecule has 0 aromatic carbocycles. The molecular formula is C19H37N3O6. The number of carboxylic acids is 3. The fraction of sp³-hybridized carbons (Fsp3) is 0.842. The molecule has 0 amide bonds. The zero-order chi connectivity index (χ0) is 21.2. The van der Waals surface area contributed by atoms with Gasteiger partial charge in [0.25, 0.3) is 0 Å². The van der Waals surface area contributed by atoms with Crippen molar-refractivity contribution >= 4 is 17.9 Å². The largest absolute Gasteiger partial charge is 0.481 e. The summed E-state index contributed by atoms with van der Waals surface area (Å²) >= 11 is 0. The maximum absolute atomic E-state index is 11.4. The van der Waals surface area contributed by atoms with E-state index >= 15 is 0 Å². The number of rotatable bonds is 20. The van der Waals surface area contributed by atoms with Crippen molar-refractivity contribution in [2.75, 3.05) is 6.54 Å². The Balaban J connectivity index is 3.89. The van der Waals surface area contributed by atoms with E-state index in [4.69, 9.17) is 16.1 Å². The van der Waals surface area contributed by atoms with Gasteiger partial charge in [0.2, 0.25) is 0 Å². The summed E-state index contributed by atoms with van der Waals surface area (Å²) in [5.74, 6) is 1.07. The molecule has 0 radical (unpaired) electrons. The monoisotopic (exact) mass is 403 g/mol. The summed E-state index contributed by atoms with van der Waals surface area (Å²) in [6, 6.07) is 0. The third-order valence-corrected chi connectivity index (χ3v) is 4.97. The van der Waals surface area contributed by atoms with Crippen LogP contribution in [0.1, 0.15) is 83.5 Å². The standard InChI is InChI=1S/C19H37N3O6/c20-22-21-14-7-5-3-1-2-4-6-9-15(18(25)26)10-8-11-16(19(27)28)12-13-17(23)24/h15-16,21-22H,1-14,20H2,(H,23,24)(H,25,26)(H,27,28). The van der Waals surface area contributed by atoms with Gasteiger partial charge in [0, 0.05) is 13.0 Å². The van der Waals surface area contributed by atoms with E-state index in [1.807, 2.05) is 0 Å². The Morgan fingerprint density at radius 3 is 1.64 bits per heavy atom. The van der Waals surface area contributed by atoms with Crippen molar-refractivity contribution in [1.29, 1.82) is 0 Å². The second-order valence-electron chi connectivity index (χ2n) is 7.27. The summed E-state index contributed by atoms with van der Waals surface area (Å²) in [7, 11) is 0. The minimum atomic E-state index is -1.01. The molecule has 0 aromatic rings. The SMILES string of the molecule is NNNCCCCCCCCCC(CCCC(CCC(=O)O)C(=O)O)C(=O)O. The molecule has 0 heterocycles. The van der Waals surface area contributed by atoms with Gasteiger partial charge in [-0.2, -0.15) is 5.53 Å². The first-order chi connectivity index (χ1) is 13.4. The molecule has 9 nitrogen and oxygen atoms in total. The van der Waals surface area contributed by atoms with Gasteiger partial charge < -0.3 is 15.3 Å². The van der Waals surface area contributed by atoms with E-state index in [1.165, 1.54) is 0 Å². The summed E-state index contributed by atoms with van der Waals surface area (Å²) < 4.78 is 0. The third-order valence-electron chi connectivity index (χ3n) is 4.97. The van der Waals surface area contributed by atoms with E-state index in [1.54, 1.807) is 0 Å². The molecule has 0 saturated carbocycles. The van der Waals surface area contributed by atoms with Gasteiger partial charge in [0.1, 0.15) is 0 Å². The highest BCUT2D eigenvalue weighted by Gasteiger charge is 2.21. The van der Waals surface area contributed by atoms with Crippen molar-refractivity contribution in [3.8, 4) is 0 Å². The van der Waals surface area contributed by atoms with Gasteiger partial charge in [0.05, 0.1) is 11.8 Å². The zero-order valence-corrected chi connectivity index (χ0v) is 16.7. The first-order valence-corrected chi connectivity index (χ1v) is 10.2. The van der Waals surface area contributed by atoms with Crippen LogP contribution in [0.5, 0.6) is 0 Å². The Kier molecular flexibility index (Phi) is 16.3. The number of nitrogens with one attached hydrogen (secondary N) is 2. The molecule has 0 rings (SSSR count).